The standard InChI is InChI=1S/C12H9Br2ClN2O3S/c1-20-11-8(13)5-7(15)6-10(11)21(18,19)17-9-3-2-4-16-12(9)14/h2-6,17H,1H3. The summed E-state index contributed by atoms with van der Waals surface area (Å²) in [5.41, 5.74) is 0.315. The Bertz CT molecular complexity index is 784. The predicted octanol–water partition coefficient (Wildman–Crippen LogP) is 4.07. The Morgan fingerprint density at radius 1 is 1.33 bits per heavy atom. The predicted molar refractivity (Wildman–Crippen MR) is 88.4 cm³/mol. The number of hydrogen-bond donors (Lipinski definition) is 1. The molecule has 1 aromatic heterocycles. The van der Waals surface area contributed by atoms with E-state index in [1.165, 1.54) is 13.2 Å². The van der Waals surface area contributed by atoms with Crippen LogP contribution in [0.5, 0.6) is 5.75 Å². The van der Waals surface area contributed by atoms with Crippen molar-refractivity contribution in [3.05, 3.63) is 44.6 Å². The highest BCUT2D eigenvalue weighted by molar-refractivity contribution is 9.10. The number of pyridine rings is 1. The summed E-state index contributed by atoms with van der Waals surface area (Å²) >= 11 is 12.3. The molecule has 0 unspecified atom stereocenters. The molecule has 0 atom stereocenters. The molecule has 2 aromatic rings. The summed E-state index contributed by atoms with van der Waals surface area (Å²) in [5.74, 6) is 0.173. The van der Waals surface area contributed by atoms with Gasteiger partial charge in [0, 0.05) is 11.2 Å². The number of methoxy groups -OCH3 is 1. The highest BCUT2D eigenvalue weighted by Gasteiger charge is 2.23. The van der Waals surface area contributed by atoms with Crippen LogP contribution in [0.1, 0.15) is 0 Å². The van der Waals surface area contributed by atoms with Gasteiger partial charge in [-0.25, -0.2) is 13.4 Å². The highest BCUT2D eigenvalue weighted by Crippen LogP contribution is 2.36. The van der Waals surface area contributed by atoms with Gasteiger partial charge in [-0.1, -0.05) is 11.6 Å². The van der Waals surface area contributed by atoms with E-state index in [4.69, 9.17) is 16.3 Å². The monoisotopic (exact) mass is 454 g/mol. The second kappa shape index (κ2) is 6.51. The van der Waals surface area contributed by atoms with Crippen molar-refractivity contribution in [3.8, 4) is 5.75 Å². The van der Waals surface area contributed by atoms with Gasteiger partial charge < -0.3 is 4.74 Å². The molecular weight excluding hydrogens is 447 g/mol. The second-order valence-electron chi connectivity index (χ2n) is 3.87. The molecule has 9 heteroatoms. The molecule has 0 aliphatic heterocycles. The maximum atomic E-state index is 12.5. The molecule has 0 aliphatic rings. The van der Waals surface area contributed by atoms with Gasteiger partial charge in [-0.2, -0.15) is 0 Å². The number of benzene rings is 1. The van der Waals surface area contributed by atoms with Crippen LogP contribution in [0.2, 0.25) is 5.02 Å². The lowest BCUT2D eigenvalue weighted by Gasteiger charge is -2.13. The fraction of sp³-hybridized carbons (Fsp3) is 0.0833. The summed E-state index contributed by atoms with van der Waals surface area (Å²) in [6, 6.07) is 6.07. The van der Waals surface area contributed by atoms with Gasteiger partial charge in [0.15, 0.2) is 5.75 Å². The molecule has 0 radical (unpaired) electrons. The van der Waals surface area contributed by atoms with Crippen molar-refractivity contribution in [2.24, 2.45) is 0 Å². The van der Waals surface area contributed by atoms with Gasteiger partial charge >= 0.3 is 0 Å². The maximum Gasteiger partial charge on any atom is 0.265 e. The van der Waals surface area contributed by atoms with E-state index < -0.39 is 10.0 Å². The molecule has 1 aromatic carbocycles. The van der Waals surface area contributed by atoms with E-state index >= 15 is 0 Å². The molecule has 5 nitrogen and oxygen atoms in total. The first-order valence-electron chi connectivity index (χ1n) is 5.51. The topological polar surface area (TPSA) is 68.3 Å². The van der Waals surface area contributed by atoms with Crippen molar-refractivity contribution < 1.29 is 13.2 Å². The Kier molecular flexibility index (Phi) is 5.13. The van der Waals surface area contributed by atoms with Crippen LogP contribution in [0.15, 0.2) is 44.4 Å². The highest BCUT2D eigenvalue weighted by atomic mass is 79.9. The summed E-state index contributed by atoms with van der Waals surface area (Å²) in [5, 5.41) is 0.272. The molecule has 112 valence electrons. The van der Waals surface area contributed by atoms with Crippen molar-refractivity contribution in [1.29, 1.82) is 0 Å². The number of nitrogens with one attached hydrogen (secondary N) is 1. The molecule has 2 rings (SSSR count). The minimum atomic E-state index is -3.88. The van der Waals surface area contributed by atoms with Gasteiger partial charge in [0.25, 0.3) is 10.0 Å². The van der Waals surface area contributed by atoms with E-state index in [1.54, 1.807) is 24.4 Å². The van der Waals surface area contributed by atoms with Gasteiger partial charge in [-0.05, 0) is 56.1 Å². The fourth-order valence-corrected chi connectivity index (χ4v) is 4.53. The summed E-state index contributed by atoms with van der Waals surface area (Å²) in [6.45, 7) is 0. The normalized spacial score (nSPS) is 11.2. The molecule has 0 amide bonds. The van der Waals surface area contributed by atoms with Gasteiger partial charge in [-0.15, -0.1) is 0 Å². The van der Waals surface area contributed by atoms with Crippen LogP contribution in [-0.2, 0) is 10.0 Å². The smallest absolute Gasteiger partial charge is 0.265 e. The molecule has 0 aliphatic carbocycles. The minimum absolute atomic E-state index is 0.0693. The molecule has 0 saturated carbocycles. The fourth-order valence-electron chi connectivity index (χ4n) is 1.60. The van der Waals surface area contributed by atoms with E-state index in [2.05, 4.69) is 41.6 Å². The van der Waals surface area contributed by atoms with Crippen molar-refractivity contribution in [2.45, 2.75) is 4.90 Å². The van der Waals surface area contributed by atoms with Crippen molar-refractivity contribution in [3.63, 3.8) is 0 Å². The van der Waals surface area contributed by atoms with Crippen LogP contribution in [0, 0.1) is 0 Å². The van der Waals surface area contributed by atoms with Crippen LogP contribution in [0.3, 0.4) is 0 Å². The molecule has 0 spiro atoms. The number of sulfonamides is 1. The second-order valence-corrected chi connectivity index (χ2v) is 7.56. The van der Waals surface area contributed by atoms with E-state index in [9.17, 15) is 8.42 Å². The Balaban J connectivity index is 2.52. The molecule has 0 saturated heterocycles. The number of anilines is 1. The number of ether oxygens (including phenoxy) is 1. The lowest BCUT2D eigenvalue weighted by atomic mass is 10.3. The number of nitrogens with zero attached hydrogens (tertiary/aromatic N) is 1. The Hall–Kier alpha value is -0.830. The first-order chi connectivity index (χ1) is 9.85. The zero-order valence-electron chi connectivity index (χ0n) is 10.6. The third-order valence-electron chi connectivity index (χ3n) is 2.47. The molecular formula is C12H9Br2ClN2O3S. The number of hydrogen-bond acceptors (Lipinski definition) is 4. The van der Waals surface area contributed by atoms with Gasteiger partial charge in [0.2, 0.25) is 0 Å². The number of rotatable bonds is 4. The van der Waals surface area contributed by atoms with E-state index in [1.807, 2.05) is 0 Å². The van der Waals surface area contributed by atoms with Crippen LogP contribution in [0.4, 0.5) is 5.69 Å². The molecule has 21 heavy (non-hydrogen) atoms. The van der Waals surface area contributed by atoms with Gasteiger partial charge in [0.1, 0.15) is 9.50 Å². The third-order valence-corrected chi connectivity index (χ3v) is 5.28. The van der Waals surface area contributed by atoms with E-state index in [-0.39, 0.29) is 15.7 Å². The number of halogens is 3. The van der Waals surface area contributed by atoms with Crippen LogP contribution >= 0.6 is 43.5 Å². The lowest BCUT2D eigenvalue weighted by Crippen LogP contribution is -2.15. The van der Waals surface area contributed by atoms with E-state index in [0.29, 0.717) is 14.8 Å². The van der Waals surface area contributed by atoms with Gasteiger partial charge in [-0.3, -0.25) is 4.72 Å². The Morgan fingerprint density at radius 2 is 2.05 bits per heavy atom. The van der Waals surface area contributed by atoms with Crippen LogP contribution in [-0.4, -0.2) is 20.5 Å². The van der Waals surface area contributed by atoms with Crippen molar-refractivity contribution >= 4 is 59.2 Å². The zero-order valence-corrected chi connectivity index (χ0v) is 15.3. The number of aromatic nitrogens is 1. The minimum Gasteiger partial charge on any atom is -0.494 e. The average Bonchev–Trinajstić information content (AvgIpc) is 2.40. The molecule has 0 fully saturated rings. The largest absolute Gasteiger partial charge is 0.494 e. The van der Waals surface area contributed by atoms with Crippen molar-refractivity contribution in [2.75, 3.05) is 11.8 Å². The SMILES string of the molecule is COc1c(Br)cc(Cl)cc1S(=O)(=O)Nc1cccnc1Br. The Labute approximate surface area is 144 Å². The molecule has 1 N–H and O–H groups in total. The summed E-state index contributed by atoms with van der Waals surface area (Å²) in [6.07, 6.45) is 1.54. The maximum absolute atomic E-state index is 12.5. The quantitative estimate of drug-likeness (QED) is 0.705. The lowest BCUT2D eigenvalue weighted by molar-refractivity contribution is 0.400. The molecule has 1 heterocycles. The first-order valence-corrected chi connectivity index (χ1v) is 8.96. The van der Waals surface area contributed by atoms with Gasteiger partial charge in [0.05, 0.1) is 17.3 Å². The van der Waals surface area contributed by atoms with Crippen LogP contribution < -0.4 is 9.46 Å². The van der Waals surface area contributed by atoms with E-state index in [0.717, 1.165) is 0 Å². The average molecular weight is 457 g/mol. The van der Waals surface area contributed by atoms with Crippen LogP contribution in [0.25, 0.3) is 0 Å². The summed E-state index contributed by atoms with van der Waals surface area (Å²) in [7, 11) is -2.50. The summed E-state index contributed by atoms with van der Waals surface area (Å²) < 4.78 is 33.4. The Morgan fingerprint density at radius 3 is 2.67 bits per heavy atom. The van der Waals surface area contributed by atoms with Crippen molar-refractivity contribution in [1.82, 2.24) is 4.98 Å². The zero-order chi connectivity index (χ0) is 15.6. The third kappa shape index (κ3) is 3.68. The first kappa shape index (κ1) is 16.5. The molecule has 0 bridgehead atoms. The summed E-state index contributed by atoms with van der Waals surface area (Å²) in [4.78, 5) is 3.89.